The summed E-state index contributed by atoms with van der Waals surface area (Å²) in [7, 11) is 1.09. The minimum Gasteiger partial charge on any atom is -0.464 e. The van der Waals surface area contributed by atoms with Gasteiger partial charge in [0.2, 0.25) is 5.56 Å². The fraction of sp³-hybridized carbons (Fsp3) is 0.143. The second kappa shape index (κ2) is 5.92. The van der Waals surface area contributed by atoms with Gasteiger partial charge in [0.25, 0.3) is 0 Å². The predicted molar refractivity (Wildman–Crippen MR) is 70.5 cm³/mol. The molecule has 0 bridgehead atoms. The molecule has 1 aromatic heterocycles. The Balaban J connectivity index is 2.62. The Morgan fingerprint density at radius 1 is 1.09 bits per heavy atom. The number of para-hydroxylation sites is 1. The lowest BCUT2D eigenvalue weighted by molar-refractivity contribution is -0.274. The van der Waals surface area contributed by atoms with Crippen LogP contribution in [0.15, 0.2) is 41.2 Å². The van der Waals surface area contributed by atoms with Crippen molar-refractivity contribution in [3.8, 4) is 16.9 Å². The van der Waals surface area contributed by atoms with E-state index in [4.69, 9.17) is 0 Å². The number of hydrogen-bond acceptors (Lipinski definition) is 4. The van der Waals surface area contributed by atoms with Crippen molar-refractivity contribution in [3.63, 3.8) is 0 Å². The molecule has 0 aliphatic carbocycles. The highest BCUT2D eigenvalue weighted by atomic mass is 19.4. The zero-order valence-electron chi connectivity index (χ0n) is 11.2. The van der Waals surface area contributed by atoms with E-state index in [2.05, 4.69) is 14.5 Å². The predicted octanol–water partition coefficient (Wildman–Crippen LogP) is 2.73. The third-order valence-electron chi connectivity index (χ3n) is 2.71. The molecule has 0 saturated carbocycles. The minimum atomic E-state index is -4.89. The van der Waals surface area contributed by atoms with Crippen LogP contribution < -0.4 is 10.3 Å². The van der Waals surface area contributed by atoms with Gasteiger partial charge in [0.1, 0.15) is 11.4 Å². The van der Waals surface area contributed by atoms with Crippen LogP contribution in [0.5, 0.6) is 5.75 Å². The Morgan fingerprint density at radius 3 is 2.41 bits per heavy atom. The number of nitrogens with one attached hydrogen (secondary N) is 1. The summed E-state index contributed by atoms with van der Waals surface area (Å²) >= 11 is 0. The second-order valence-corrected chi connectivity index (χ2v) is 4.15. The number of methoxy groups -OCH3 is 1. The van der Waals surface area contributed by atoms with Crippen LogP contribution in [-0.2, 0) is 4.74 Å². The average Bonchev–Trinajstić information content (AvgIpc) is 2.45. The molecule has 0 atom stereocenters. The van der Waals surface area contributed by atoms with E-state index in [1.165, 1.54) is 24.3 Å². The fourth-order valence-electron chi connectivity index (χ4n) is 1.86. The van der Waals surface area contributed by atoms with E-state index in [1.54, 1.807) is 0 Å². The van der Waals surface area contributed by atoms with Crippen molar-refractivity contribution in [2.45, 2.75) is 6.36 Å². The Kier molecular flexibility index (Phi) is 4.20. The van der Waals surface area contributed by atoms with Gasteiger partial charge in [-0.15, -0.1) is 13.2 Å². The minimum absolute atomic E-state index is 0.00326. The molecule has 0 amide bonds. The Hall–Kier alpha value is -2.77. The number of rotatable bonds is 3. The topological polar surface area (TPSA) is 68.4 Å². The van der Waals surface area contributed by atoms with Crippen LogP contribution in [0.4, 0.5) is 13.2 Å². The number of hydrogen-bond donors (Lipinski definition) is 1. The number of carbonyl (C=O) groups is 1. The number of alkyl halides is 3. The summed E-state index contributed by atoms with van der Waals surface area (Å²) < 4.78 is 45.8. The van der Waals surface area contributed by atoms with E-state index in [-0.39, 0.29) is 16.8 Å². The molecule has 0 fully saturated rings. The van der Waals surface area contributed by atoms with E-state index in [1.807, 2.05) is 0 Å². The summed E-state index contributed by atoms with van der Waals surface area (Å²) in [6.45, 7) is 0. The van der Waals surface area contributed by atoms with E-state index >= 15 is 0 Å². The van der Waals surface area contributed by atoms with Crippen LogP contribution in [0.2, 0.25) is 0 Å². The van der Waals surface area contributed by atoms with Gasteiger partial charge < -0.3 is 14.5 Å². The number of H-pyrrole nitrogens is 1. The first-order valence-electron chi connectivity index (χ1n) is 5.98. The highest BCUT2D eigenvalue weighted by molar-refractivity contribution is 5.96. The Bertz CT molecular complexity index is 752. The number of esters is 1. The van der Waals surface area contributed by atoms with Gasteiger partial charge in [-0.25, -0.2) is 4.79 Å². The van der Waals surface area contributed by atoms with Crippen LogP contribution >= 0.6 is 0 Å². The summed E-state index contributed by atoms with van der Waals surface area (Å²) in [5.41, 5.74) is -0.783. The highest BCUT2D eigenvalue weighted by Crippen LogP contribution is 2.34. The Labute approximate surface area is 122 Å². The van der Waals surface area contributed by atoms with E-state index in [0.717, 1.165) is 19.2 Å². The summed E-state index contributed by atoms with van der Waals surface area (Å²) in [4.78, 5) is 25.3. The molecular weight excluding hydrogens is 303 g/mol. The molecule has 0 aliphatic rings. The number of aromatic nitrogens is 1. The van der Waals surface area contributed by atoms with Gasteiger partial charge in [-0.2, -0.15) is 0 Å². The molecule has 8 heteroatoms. The molecule has 116 valence electrons. The first-order valence-corrected chi connectivity index (χ1v) is 5.98. The highest BCUT2D eigenvalue weighted by Gasteiger charge is 2.32. The number of carbonyl (C=O) groups excluding carboxylic acids is 1. The number of halogens is 3. The van der Waals surface area contributed by atoms with Gasteiger partial charge in [-0.1, -0.05) is 18.2 Å². The third kappa shape index (κ3) is 3.46. The zero-order valence-corrected chi connectivity index (χ0v) is 11.2. The summed E-state index contributed by atoms with van der Waals surface area (Å²) in [5, 5.41) is 0. The average molecular weight is 313 g/mol. The molecule has 0 aliphatic heterocycles. The SMILES string of the molecule is COC(=O)c1[nH]c(=O)ccc1-c1ccccc1OC(F)(F)F. The molecule has 1 N–H and O–H groups in total. The molecule has 0 spiro atoms. The molecule has 0 radical (unpaired) electrons. The molecule has 0 saturated heterocycles. The lowest BCUT2D eigenvalue weighted by Gasteiger charge is -2.14. The van der Waals surface area contributed by atoms with Crippen LogP contribution in [0.25, 0.3) is 11.1 Å². The molecule has 0 unspecified atom stereocenters. The Morgan fingerprint density at radius 2 is 1.77 bits per heavy atom. The van der Waals surface area contributed by atoms with Crippen molar-refractivity contribution in [1.29, 1.82) is 0 Å². The van der Waals surface area contributed by atoms with Crippen molar-refractivity contribution < 1.29 is 27.4 Å². The molecule has 22 heavy (non-hydrogen) atoms. The quantitative estimate of drug-likeness (QED) is 0.885. The van der Waals surface area contributed by atoms with Crippen LogP contribution in [0.3, 0.4) is 0 Å². The molecule has 2 rings (SSSR count). The van der Waals surface area contributed by atoms with Crippen molar-refractivity contribution in [2.24, 2.45) is 0 Å². The molecule has 2 aromatic rings. The molecule has 1 heterocycles. The number of ether oxygens (including phenoxy) is 2. The van der Waals surface area contributed by atoms with Crippen molar-refractivity contribution in [1.82, 2.24) is 4.98 Å². The maximum atomic E-state index is 12.5. The zero-order chi connectivity index (χ0) is 16.3. The van der Waals surface area contributed by atoms with E-state index < -0.39 is 23.6 Å². The van der Waals surface area contributed by atoms with Gasteiger partial charge >= 0.3 is 12.3 Å². The van der Waals surface area contributed by atoms with Crippen LogP contribution in [0, 0.1) is 0 Å². The first kappa shape index (κ1) is 15.6. The summed E-state index contributed by atoms with van der Waals surface area (Å²) in [6, 6.07) is 7.59. The van der Waals surface area contributed by atoms with Gasteiger partial charge in [-0.3, -0.25) is 4.79 Å². The van der Waals surface area contributed by atoms with Crippen molar-refractivity contribution >= 4 is 5.97 Å². The number of benzene rings is 1. The second-order valence-electron chi connectivity index (χ2n) is 4.15. The molecule has 5 nitrogen and oxygen atoms in total. The molecular formula is C14H10F3NO4. The number of aromatic amines is 1. The lowest BCUT2D eigenvalue weighted by atomic mass is 10.0. The van der Waals surface area contributed by atoms with Gasteiger partial charge in [0.15, 0.2) is 0 Å². The third-order valence-corrected chi connectivity index (χ3v) is 2.71. The molecule has 1 aromatic carbocycles. The van der Waals surface area contributed by atoms with E-state index in [0.29, 0.717) is 0 Å². The van der Waals surface area contributed by atoms with Gasteiger partial charge in [-0.05, 0) is 12.1 Å². The summed E-state index contributed by atoms with van der Waals surface area (Å²) in [6.07, 6.45) is -4.89. The standard InChI is InChI=1S/C14H10F3NO4/c1-21-13(20)12-9(6-7-11(19)18-12)8-4-2-3-5-10(8)22-14(15,16)17/h2-7H,1H3,(H,18,19). The van der Waals surface area contributed by atoms with E-state index in [9.17, 15) is 22.8 Å². The largest absolute Gasteiger partial charge is 0.573 e. The first-order chi connectivity index (χ1) is 10.3. The monoisotopic (exact) mass is 313 g/mol. The fourth-order valence-corrected chi connectivity index (χ4v) is 1.86. The van der Waals surface area contributed by atoms with Crippen LogP contribution in [0.1, 0.15) is 10.5 Å². The van der Waals surface area contributed by atoms with Gasteiger partial charge in [0.05, 0.1) is 7.11 Å². The van der Waals surface area contributed by atoms with Crippen molar-refractivity contribution in [3.05, 3.63) is 52.4 Å². The van der Waals surface area contributed by atoms with Gasteiger partial charge in [0, 0.05) is 17.2 Å². The van der Waals surface area contributed by atoms with Crippen LogP contribution in [-0.4, -0.2) is 24.4 Å². The maximum Gasteiger partial charge on any atom is 0.573 e. The smallest absolute Gasteiger partial charge is 0.464 e. The summed E-state index contributed by atoms with van der Waals surface area (Å²) in [5.74, 6) is -1.37. The maximum absolute atomic E-state index is 12.5. The normalized spacial score (nSPS) is 11.1. The van der Waals surface area contributed by atoms with Crippen molar-refractivity contribution in [2.75, 3.05) is 7.11 Å². The number of pyridine rings is 1. The lowest BCUT2D eigenvalue weighted by Crippen LogP contribution is -2.18.